The number of halogens is 1. The van der Waals surface area contributed by atoms with Gasteiger partial charge >= 0.3 is 5.97 Å². The van der Waals surface area contributed by atoms with Crippen molar-refractivity contribution in [1.29, 1.82) is 0 Å². The molecule has 2 bridgehead atoms. The van der Waals surface area contributed by atoms with Crippen LogP contribution in [-0.2, 0) is 24.4 Å². The molecule has 0 saturated carbocycles. The number of benzene rings is 3. The maximum Gasteiger partial charge on any atom is 0.306 e. The second-order valence-corrected chi connectivity index (χ2v) is 10.9. The number of carbonyl (C=O) groups excluding carboxylic acids is 1. The summed E-state index contributed by atoms with van der Waals surface area (Å²) in [5.41, 5.74) is 6.47. The summed E-state index contributed by atoms with van der Waals surface area (Å²) in [5.74, 6) is -0.648. The number of nitrogens with one attached hydrogen (secondary N) is 1. The Labute approximate surface area is 250 Å². The zero-order chi connectivity index (χ0) is 29.5. The highest BCUT2D eigenvalue weighted by molar-refractivity contribution is 6.32. The van der Waals surface area contributed by atoms with E-state index >= 15 is 0 Å². The van der Waals surface area contributed by atoms with Crippen LogP contribution in [0.25, 0.3) is 11.1 Å². The van der Waals surface area contributed by atoms with Crippen molar-refractivity contribution in [2.45, 2.75) is 45.8 Å². The van der Waals surface area contributed by atoms with Crippen LogP contribution in [0.2, 0.25) is 5.02 Å². The second kappa shape index (κ2) is 13.5. The largest absolute Gasteiger partial charge is 0.488 e. The Kier molecular flexibility index (Phi) is 9.39. The van der Waals surface area contributed by atoms with E-state index in [-0.39, 0.29) is 19.1 Å². The molecular formula is C34H33ClN2O5. The topological polar surface area (TPSA) is 97.8 Å². The Balaban J connectivity index is 1.40. The molecule has 1 aliphatic rings. The number of hydrogen-bond acceptors (Lipinski definition) is 5. The molecule has 1 unspecified atom stereocenters. The lowest BCUT2D eigenvalue weighted by Gasteiger charge is -2.17. The quantitative estimate of drug-likeness (QED) is 0.261. The molecule has 2 N–H and O–H groups in total. The molecule has 8 heteroatoms. The van der Waals surface area contributed by atoms with Crippen LogP contribution in [0.15, 0.2) is 79.1 Å². The SMILES string of the molecule is Cc1c(COc2cc3c(cc2Cl)CCCC(C(=O)O)CCNC(=O)c2cncc(c2)CO3)cccc1-c1ccccc1. The molecule has 1 aromatic heterocycles. The number of rotatable bonds is 5. The van der Waals surface area contributed by atoms with Gasteiger partial charge in [0.15, 0.2) is 0 Å². The van der Waals surface area contributed by atoms with Crippen molar-refractivity contribution >= 4 is 23.5 Å². The Hall–Kier alpha value is -4.36. The van der Waals surface area contributed by atoms with E-state index in [0.717, 1.165) is 33.4 Å². The number of nitrogens with zero attached hydrogens (tertiary/aromatic N) is 1. The zero-order valence-corrected chi connectivity index (χ0v) is 24.2. The van der Waals surface area contributed by atoms with Crippen LogP contribution in [0, 0.1) is 12.8 Å². The molecule has 1 aliphatic heterocycles. The number of aliphatic carboxylic acids is 1. The van der Waals surface area contributed by atoms with E-state index in [0.29, 0.717) is 54.4 Å². The van der Waals surface area contributed by atoms with Gasteiger partial charge in [-0.2, -0.15) is 0 Å². The third-order valence-electron chi connectivity index (χ3n) is 7.61. The lowest BCUT2D eigenvalue weighted by Crippen LogP contribution is -2.28. The Morgan fingerprint density at radius 2 is 1.90 bits per heavy atom. The monoisotopic (exact) mass is 584 g/mol. The van der Waals surface area contributed by atoms with Crippen LogP contribution < -0.4 is 14.8 Å². The first-order chi connectivity index (χ1) is 20.4. The fraction of sp³-hybridized carbons (Fsp3) is 0.265. The molecule has 0 radical (unpaired) electrons. The second-order valence-electron chi connectivity index (χ2n) is 10.5. The minimum atomic E-state index is -0.873. The van der Waals surface area contributed by atoms with Crippen LogP contribution >= 0.6 is 11.6 Å². The summed E-state index contributed by atoms with van der Waals surface area (Å²) < 4.78 is 12.5. The van der Waals surface area contributed by atoms with Gasteiger partial charge in [0.05, 0.1) is 16.5 Å². The number of fused-ring (bicyclic) bond motifs is 3. The lowest BCUT2D eigenvalue weighted by atomic mass is 9.96. The minimum absolute atomic E-state index is 0.193. The molecule has 3 aromatic carbocycles. The molecule has 4 aromatic rings. The van der Waals surface area contributed by atoms with E-state index in [1.54, 1.807) is 18.3 Å². The van der Waals surface area contributed by atoms with E-state index < -0.39 is 11.9 Å². The van der Waals surface area contributed by atoms with Gasteiger partial charge in [0, 0.05) is 30.6 Å². The van der Waals surface area contributed by atoms with E-state index in [1.165, 1.54) is 6.20 Å². The highest BCUT2D eigenvalue weighted by atomic mass is 35.5. The van der Waals surface area contributed by atoms with Gasteiger partial charge in [-0.15, -0.1) is 0 Å². The van der Waals surface area contributed by atoms with Crippen molar-refractivity contribution in [3.63, 3.8) is 0 Å². The number of amides is 1. The molecule has 0 saturated heterocycles. The molecule has 0 fully saturated rings. The highest BCUT2D eigenvalue weighted by Crippen LogP contribution is 2.36. The van der Waals surface area contributed by atoms with E-state index in [9.17, 15) is 14.7 Å². The van der Waals surface area contributed by atoms with Crippen LogP contribution in [0.1, 0.15) is 51.9 Å². The highest BCUT2D eigenvalue weighted by Gasteiger charge is 2.20. The van der Waals surface area contributed by atoms with Crippen molar-refractivity contribution in [2.24, 2.45) is 5.92 Å². The maximum atomic E-state index is 12.6. The number of aryl methyl sites for hydroxylation is 1. The number of aromatic nitrogens is 1. The number of pyridine rings is 1. The van der Waals surface area contributed by atoms with Crippen molar-refractivity contribution in [1.82, 2.24) is 10.3 Å². The molecule has 7 nitrogen and oxygen atoms in total. The third kappa shape index (κ3) is 7.09. The molecule has 5 rings (SSSR count). The molecule has 216 valence electrons. The summed E-state index contributed by atoms with van der Waals surface area (Å²) in [6.07, 6.45) is 5.16. The summed E-state index contributed by atoms with van der Waals surface area (Å²) in [4.78, 5) is 28.7. The fourth-order valence-corrected chi connectivity index (χ4v) is 5.43. The van der Waals surface area contributed by atoms with Crippen molar-refractivity contribution in [3.05, 3.63) is 112 Å². The number of carboxylic acids is 1. The van der Waals surface area contributed by atoms with Crippen molar-refractivity contribution in [2.75, 3.05) is 6.54 Å². The van der Waals surface area contributed by atoms with Crippen LogP contribution in [0.3, 0.4) is 0 Å². The Morgan fingerprint density at radius 3 is 2.71 bits per heavy atom. The summed E-state index contributed by atoms with van der Waals surface area (Å²) in [6.45, 7) is 2.88. The maximum absolute atomic E-state index is 12.6. The molecular weight excluding hydrogens is 552 g/mol. The van der Waals surface area contributed by atoms with Crippen molar-refractivity contribution < 1.29 is 24.2 Å². The van der Waals surface area contributed by atoms with Crippen LogP contribution in [0.4, 0.5) is 0 Å². The van der Waals surface area contributed by atoms with E-state index in [4.69, 9.17) is 21.1 Å². The number of ether oxygens (including phenoxy) is 2. The van der Waals surface area contributed by atoms with Gasteiger partial charge in [-0.05, 0) is 72.6 Å². The molecule has 1 atom stereocenters. The van der Waals surface area contributed by atoms with Crippen LogP contribution in [0.5, 0.6) is 11.5 Å². The molecule has 0 aliphatic carbocycles. The molecule has 0 spiro atoms. The predicted molar refractivity (Wildman–Crippen MR) is 162 cm³/mol. The summed E-state index contributed by atoms with van der Waals surface area (Å²) in [5, 5.41) is 13.0. The summed E-state index contributed by atoms with van der Waals surface area (Å²) in [7, 11) is 0. The van der Waals surface area contributed by atoms with E-state index in [1.807, 2.05) is 36.4 Å². The van der Waals surface area contributed by atoms with Gasteiger partial charge in [-0.1, -0.05) is 60.1 Å². The Morgan fingerprint density at radius 1 is 1.07 bits per heavy atom. The number of hydrogen-bond donors (Lipinski definition) is 2. The predicted octanol–water partition coefficient (Wildman–Crippen LogP) is 7.03. The van der Waals surface area contributed by atoms with Crippen molar-refractivity contribution in [3.8, 4) is 22.6 Å². The zero-order valence-electron chi connectivity index (χ0n) is 23.4. The van der Waals surface area contributed by atoms with Gasteiger partial charge < -0.3 is 19.9 Å². The number of carboxylic acid groups (broad SMARTS) is 1. The smallest absolute Gasteiger partial charge is 0.306 e. The average molecular weight is 585 g/mol. The first-order valence-corrected chi connectivity index (χ1v) is 14.4. The average Bonchev–Trinajstić information content (AvgIpc) is 3.00. The third-order valence-corrected chi connectivity index (χ3v) is 7.90. The summed E-state index contributed by atoms with van der Waals surface area (Å²) in [6, 6.07) is 21.8. The first kappa shape index (κ1) is 29.1. The molecule has 1 amide bonds. The fourth-order valence-electron chi connectivity index (χ4n) is 5.19. The summed E-state index contributed by atoms with van der Waals surface area (Å²) >= 11 is 6.71. The first-order valence-electron chi connectivity index (χ1n) is 14.1. The van der Waals surface area contributed by atoms with Gasteiger partial charge in [-0.25, -0.2) is 0 Å². The van der Waals surface area contributed by atoms with Gasteiger partial charge in [0.2, 0.25) is 0 Å². The Bertz CT molecular complexity index is 1570. The molecule has 2 heterocycles. The standard InChI is InChI=1S/C34H33ClN2O5/c1-22-27(11-6-12-29(22)24-7-3-2-4-8-24)21-42-32-17-31-26(16-30(32)35)10-5-9-25(34(39)40)13-14-37-33(38)28-15-23(20-41-31)18-36-19-28/h2-4,6-8,11-12,15-19,25H,5,9-10,13-14,20-21H2,1H3,(H,37,38)(H,39,40). The van der Waals surface area contributed by atoms with Gasteiger partial charge in [-0.3, -0.25) is 14.6 Å². The normalized spacial score (nSPS) is 15.8. The number of carbonyl (C=O) groups is 2. The van der Waals surface area contributed by atoms with E-state index in [2.05, 4.69) is 35.4 Å². The minimum Gasteiger partial charge on any atom is -0.488 e. The van der Waals surface area contributed by atoms with Gasteiger partial charge in [0.25, 0.3) is 5.91 Å². The lowest BCUT2D eigenvalue weighted by molar-refractivity contribution is -0.142. The van der Waals surface area contributed by atoms with Gasteiger partial charge in [0.1, 0.15) is 24.7 Å². The van der Waals surface area contributed by atoms with Crippen LogP contribution in [-0.4, -0.2) is 28.5 Å². The molecule has 42 heavy (non-hydrogen) atoms.